The van der Waals surface area contributed by atoms with Crippen LogP contribution >= 0.6 is 0 Å². The molecule has 2 aromatic carbocycles. The number of fused-ring (bicyclic) bond motifs is 1. The molecule has 0 saturated heterocycles. The van der Waals surface area contributed by atoms with E-state index in [4.69, 9.17) is 9.26 Å². The summed E-state index contributed by atoms with van der Waals surface area (Å²) in [6.07, 6.45) is 1.41. The van der Waals surface area contributed by atoms with E-state index >= 15 is 0 Å². The third kappa shape index (κ3) is 3.23. The van der Waals surface area contributed by atoms with Crippen LogP contribution in [0, 0.1) is 0 Å². The molecule has 4 rings (SSSR count). The lowest BCUT2D eigenvalue weighted by atomic mass is 10.2. The van der Waals surface area contributed by atoms with Crippen molar-refractivity contribution >= 4 is 17.0 Å². The average molecular weight is 331 g/mol. The number of rotatable bonds is 4. The van der Waals surface area contributed by atoms with Gasteiger partial charge in [0.1, 0.15) is 12.3 Å². The summed E-state index contributed by atoms with van der Waals surface area (Å²) in [5.74, 6) is 0.0691. The second kappa shape index (κ2) is 6.52. The lowest BCUT2D eigenvalue weighted by Crippen LogP contribution is -2.08. The summed E-state index contributed by atoms with van der Waals surface area (Å²) in [4.78, 5) is 20.6. The number of carbonyl (C=O) groups is 1. The fourth-order valence-corrected chi connectivity index (χ4v) is 2.39. The normalized spacial score (nSPS) is 10.7. The second-order valence-electron chi connectivity index (χ2n) is 5.37. The molecule has 6 heteroatoms. The number of ether oxygens (including phenoxy) is 1. The highest BCUT2D eigenvalue weighted by molar-refractivity contribution is 5.89. The molecule has 4 aromatic rings. The van der Waals surface area contributed by atoms with Crippen LogP contribution in [0.3, 0.4) is 0 Å². The summed E-state index contributed by atoms with van der Waals surface area (Å²) >= 11 is 0. The molecule has 2 heterocycles. The van der Waals surface area contributed by atoms with E-state index in [-0.39, 0.29) is 12.3 Å². The topological polar surface area (TPSA) is 78.1 Å². The van der Waals surface area contributed by atoms with Gasteiger partial charge < -0.3 is 9.26 Å². The van der Waals surface area contributed by atoms with Gasteiger partial charge in [-0.1, -0.05) is 47.6 Å². The molecule has 0 bridgehead atoms. The molecule has 0 aliphatic rings. The SMILES string of the molecule is O=C(OCc1cc(-c2ccccc2)on1)c1cnc2ccccc2n1. The Morgan fingerprint density at radius 2 is 1.76 bits per heavy atom. The van der Waals surface area contributed by atoms with Crippen LogP contribution in [-0.4, -0.2) is 21.1 Å². The van der Waals surface area contributed by atoms with Crippen LogP contribution in [0.4, 0.5) is 0 Å². The average Bonchev–Trinajstić information content (AvgIpc) is 3.15. The summed E-state index contributed by atoms with van der Waals surface area (Å²) in [6.45, 7) is 0.00364. The van der Waals surface area contributed by atoms with Gasteiger partial charge in [0.2, 0.25) is 0 Å². The second-order valence-corrected chi connectivity index (χ2v) is 5.37. The molecule has 0 radical (unpaired) electrons. The Morgan fingerprint density at radius 3 is 2.60 bits per heavy atom. The zero-order chi connectivity index (χ0) is 17.1. The lowest BCUT2D eigenvalue weighted by Gasteiger charge is -2.02. The molecule has 6 nitrogen and oxygen atoms in total. The number of nitrogens with zero attached hydrogens (tertiary/aromatic N) is 3. The van der Waals surface area contributed by atoms with Gasteiger partial charge in [-0.05, 0) is 12.1 Å². The van der Waals surface area contributed by atoms with Crippen molar-refractivity contribution in [2.24, 2.45) is 0 Å². The first-order valence-electron chi connectivity index (χ1n) is 7.69. The lowest BCUT2D eigenvalue weighted by molar-refractivity contribution is 0.0457. The number of aromatic nitrogens is 3. The first-order valence-corrected chi connectivity index (χ1v) is 7.69. The number of para-hydroxylation sites is 2. The fourth-order valence-electron chi connectivity index (χ4n) is 2.39. The Kier molecular flexibility index (Phi) is 3.92. The van der Waals surface area contributed by atoms with Crippen molar-refractivity contribution in [3.63, 3.8) is 0 Å². The molecular weight excluding hydrogens is 318 g/mol. The summed E-state index contributed by atoms with van der Waals surface area (Å²) in [5, 5.41) is 3.92. The van der Waals surface area contributed by atoms with E-state index in [0.29, 0.717) is 17.0 Å². The van der Waals surface area contributed by atoms with Crippen LogP contribution < -0.4 is 0 Å². The maximum absolute atomic E-state index is 12.2. The van der Waals surface area contributed by atoms with E-state index in [9.17, 15) is 4.79 Å². The molecule has 25 heavy (non-hydrogen) atoms. The molecule has 0 aliphatic carbocycles. The molecular formula is C19H13N3O3. The van der Waals surface area contributed by atoms with Crippen LogP contribution in [0.25, 0.3) is 22.4 Å². The largest absolute Gasteiger partial charge is 0.454 e. The van der Waals surface area contributed by atoms with E-state index in [1.165, 1.54) is 6.20 Å². The Labute approximate surface area is 143 Å². The van der Waals surface area contributed by atoms with E-state index in [1.54, 1.807) is 12.1 Å². The van der Waals surface area contributed by atoms with Crippen LogP contribution in [0.2, 0.25) is 0 Å². The molecule has 0 unspecified atom stereocenters. The van der Waals surface area contributed by atoms with Gasteiger partial charge in [-0.25, -0.2) is 9.78 Å². The first kappa shape index (κ1) is 15.0. The zero-order valence-electron chi connectivity index (χ0n) is 13.1. The van der Waals surface area contributed by atoms with Gasteiger partial charge in [-0.15, -0.1) is 0 Å². The third-order valence-electron chi connectivity index (χ3n) is 3.63. The Morgan fingerprint density at radius 1 is 1.00 bits per heavy atom. The fraction of sp³-hybridized carbons (Fsp3) is 0.0526. The van der Waals surface area contributed by atoms with E-state index in [0.717, 1.165) is 11.1 Å². The number of esters is 1. The maximum atomic E-state index is 12.2. The zero-order valence-corrected chi connectivity index (χ0v) is 13.1. The molecule has 122 valence electrons. The Balaban J connectivity index is 1.45. The van der Waals surface area contributed by atoms with Crippen molar-refractivity contribution in [2.45, 2.75) is 6.61 Å². The van der Waals surface area contributed by atoms with Crippen LogP contribution in [-0.2, 0) is 11.3 Å². The smallest absolute Gasteiger partial charge is 0.358 e. The van der Waals surface area contributed by atoms with Gasteiger partial charge in [0, 0.05) is 11.6 Å². The third-order valence-corrected chi connectivity index (χ3v) is 3.63. The van der Waals surface area contributed by atoms with Crippen molar-refractivity contribution in [3.8, 4) is 11.3 Å². The Hall–Kier alpha value is -3.54. The number of carbonyl (C=O) groups excluding carboxylic acids is 1. The maximum Gasteiger partial charge on any atom is 0.358 e. The van der Waals surface area contributed by atoms with Gasteiger partial charge in [-0.3, -0.25) is 4.98 Å². The molecule has 0 fully saturated rings. The first-order chi connectivity index (χ1) is 12.3. The minimum atomic E-state index is -0.553. The summed E-state index contributed by atoms with van der Waals surface area (Å²) in [6, 6.07) is 18.7. The highest BCUT2D eigenvalue weighted by Crippen LogP contribution is 2.20. The van der Waals surface area contributed by atoms with Gasteiger partial charge in [0.25, 0.3) is 0 Å². The highest BCUT2D eigenvalue weighted by atomic mass is 16.5. The van der Waals surface area contributed by atoms with Crippen LogP contribution in [0.5, 0.6) is 0 Å². The van der Waals surface area contributed by atoms with E-state index in [1.807, 2.05) is 48.5 Å². The van der Waals surface area contributed by atoms with E-state index in [2.05, 4.69) is 15.1 Å². The number of hydrogen-bond donors (Lipinski definition) is 0. The Bertz CT molecular complexity index is 1030. The van der Waals surface area contributed by atoms with Crippen LogP contribution in [0.1, 0.15) is 16.2 Å². The van der Waals surface area contributed by atoms with Crippen molar-refractivity contribution in [1.29, 1.82) is 0 Å². The number of hydrogen-bond acceptors (Lipinski definition) is 6. The van der Waals surface area contributed by atoms with Crippen molar-refractivity contribution in [1.82, 2.24) is 15.1 Å². The van der Waals surface area contributed by atoms with Gasteiger partial charge in [-0.2, -0.15) is 0 Å². The molecule has 0 spiro atoms. The highest BCUT2D eigenvalue weighted by Gasteiger charge is 2.13. The number of benzene rings is 2. The predicted octanol–water partition coefficient (Wildman–Crippen LogP) is 3.64. The summed E-state index contributed by atoms with van der Waals surface area (Å²) < 4.78 is 10.5. The van der Waals surface area contributed by atoms with Crippen molar-refractivity contribution in [3.05, 3.63) is 78.2 Å². The monoisotopic (exact) mass is 331 g/mol. The van der Waals surface area contributed by atoms with Crippen molar-refractivity contribution < 1.29 is 14.1 Å². The molecule has 0 N–H and O–H groups in total. The summed E-state index contributed by atoms with van der Waals surface area (Å²) in [7, 11) is 0. The molecule has 0 atom stereocenters. The van der Waals surface area contributed by atoms with Crippen molar-refractivity contribution in [2.75, 3.05) is 0 Å². The molecule has 0 saturated carbocycles. The van der Waals surface area contributed by atoms with Gasteiger partial charge in [0.05, 0.1) is 17.2 Å². The molecule has 2 aromatic heterocycles. The minimum Gasteiger partial charge on any atom is -0.454 e. The van der Waals surface area contributed by atoms with E-state index < -0.39 is 5.97 Å². The van der Waals surface area contributed by atoms with Gasteiger partial charge in [0.15, 0.2) is 11.5 Å². The molecule has 0 amide bonds. The van der Waals surface area contributed by atoms with Crippen LogP contribution in [0.15, 0.2) is 71.4 Å². The van der Waals surface area contributed by atoms with Gasteiger partial charge >= 0.3 is 5.97 Å². The standard InChI is InChI=1S/C19H13N3O3/c23-19(17-11-20-15-8-4-5-9-16(15)21-17)24-12-14-10-18(25-22-14)13-6-2-1-3-7-13/h1-11H,12H2. The quantitative estimate of drug-likeness (QED) is 0.531. The predicted molar refractivity (Wildman–Crippen MR) is 90.6 cm³/mol. The summed E-state index contributed by atoms with van der Waals surface area (Å²) in [5.41, 5.74) is 2.97. The minimum absolute atomic E-state index is 0.00364. The molecule has 0 aliphatic heterocycles.